The number of rotatable bonds is 5. The summed E-state index contributed by atoms with van der Waals surface area (Å²) < 4.78 is 6.52. The zero-order valence-electron chi connectivity index (χ0n) is 13.1. The van der Waals surface area contributed by atoms with Crippen molar-refractivity contribution in [2.45, 2.75) is 6.92 Å². The maximum Gasteiger partial charge on any atom is 0.257 e. The molecule has 0 aromatic heterocycles. The number of carbonyl (C=O) groups excluding carboxylic acids is 1. The molecule has 4 nitrogen and oxygen atoms in total. The third kappa shape index (κ3) is 5.93. The van der Waals surface area contributed by atoms with Gasteiger partial charge >= 0.3 is 0 Å². The van der Waals surface area contributed by atoms with Crippen LogP contribution in [0.2, 0.25) is 0 Å². The summed E-state index contributed by atoms with van der Waals surface area (Å²) in [5.41, 5.74) is 2.29. The molecule has 0 atom stereocenters. The Morgan fingerprint density at radius 1 is 1.25 bits per heavy atom. The van der Waals surface area contributed by atoms with Crippen molar-refractivity contribution < 1.29 is 9.53 Å². The fourth-order valence-electron chi connectivity index (χ4n) is 1.81. The van der Waals surface area contributed by atoms with E-state index in [1.807, 2.05) is 43.3 Å². The fourth-order valence-corrected chi connectivity index (χ4v) is 2.56. The molecular formula is C18H17IN2O2S. The van der Waals surface area contributed by atoms with Crippen molar-refractivity contribution in [3.05, 3.63) is 69.8 Å². The summed E-state index contributed by atoms with van der Waals surface area (Å²) >= 11 is 7.33. The van der Waals surface area contributed by atoms with Crippen molar-refractivity contribution in [3.63, 3.8) is 0 Å². The van der Waals surface area contributed by atoms with Crippen LogP contribution in [-0.4, -0.2) is 17.6 Å². The van der Waals surface area contributed by atoms with Gasteiger partial charge in [-0.05, 0) is 89.8 Å². The monoisotopic (exact) mass is 452 g/mol. The molecule has 0 saturated carbocycles. The van der Waals surface area contributed by atoms with Gasteiger partial charge in [-0.25, -0.2) is 0 Å². The Labute approximate surface area is 160 Å². The standard InChI is InChI=1S/C18H17IN2O2S/c1-12(2)11-23-16-8-6-15(7-9-16)20-18(24)21-17(22)13-4-3-5-14(19)10-13/h3-10H,1,11H2,2H3,(H2,20,21,22,24). The predicted molar refractivity (Wildman–Crippen MR) is 110 cm³/mol. The largest absolute Gasteiger partial charge is 0.489 e. The molecule has 0 aliphatic heterocycles. The molecule has 0 aliphatic rings. The fraction of sp³-hybridized carbons (Fsp3) is 0.111. The third-order valence-electron chi connectivity index (χ3n) is 2.91. The van der Waals surface area contributed by atoms with Crippen molar-refractivity contribution in [3.8, 4) is 5.75 Å². The normalized spacial score (nSPS) is 9.92. The van der Waals surface area contributed by atoms with Gasteiger partial charge in [-0.15, -0.1) is 0 Å². The van der Waals surface area contributed by atoms with Crippen LogP contribution in [0.5, 0.6) is 5.75 Å². The van der Waals surface area contributed by atoms with Crippen molar-refractivity contribution in [1.82, 2.24) is 5.32 Å². The van der Waals surface area contributed by atoms with Crippen LogP contribution in [0.3, 0.4) is 0 Å². The highest BCUT2D eigenvalue weighted by Gasteiger charge is 2.08. The third-order valence-corrected chi connectivity index (χ3v) is 3.79. The summed E-state index contributed by atoms with van der Waals surface area (Å²) in [7, 11) is 0. The van der Waals surface area contributed by atoms with E-state index in [9.17, 15) is 4.79 Å². The van der Waals surface area contributed by atoms with E-state index in [2.05, 4.69) is 39.8 Å². The minimum Gasteiger partial charge on any atom is -0.489 e. The lowest BCUT2D eigenvalue weighted by atomic mass is 10.2. The highest BCUT2D eigenvalue weighted by Crippen LogP contribution is 2.16. The van der Waals surface area contributed by atoms with Crippen LogP contribution >= 0.6 is 34.8 Å². The zero-order valence-corrected chi connectivity index (χ0v) is 16.1. The maximum atomic E-state index is 12.1. The molecule has 0 aliphatic carbocycles. The van der Waals surface area contributed by atoms with Crippen molar-refractivity contribution in [1.29, 1.82) is 0 Å². The van der Waals surface area contributed by atoms with Gasteiger partial charge < -0.3 is 10.1 Å². The van der Waals surface area contributed by atoms with Gasteiger partial charge in [-0.2, -0.15) is 0 Å². The molecular weight excluding hydrogens is 435 g/mol. The molecule has 1 amide bonds. The van der Waals surface area contributed by atoms with Gasteiger partial charge in [-0.3, -0.25) is 10.1 Å². The minimum absolute atomic E-state index is 0.243. The first-order valence-corrected chi connectivity index (χ1v) is 8.68. The topological polar surface area (TPSA) is 50.4 Å². The molecule has 2 N–H and O–H groups in total. The molecule has 0 radical (unpaired) electrons. The second-order valence-electron chi connectivity index (χ2n) is 5.19. The second kappa shape index (κ2) is 8.79. The van der Waals surface area contributed by atoms with E-state index in [0.717, 1.165) is 20.6 Å². The average molecular weight is 452 g/mol. The highest BCUT2D eigenvalue weighted by atomic mass is 127. The summed E-state index contributed by atoms with van der Waals surface area (Å²) in [5.74, 6) is 0.504. The van der Waals surface area contributed by atoms with Gasteiger partial charge in [-0.1, -0.05) is 12.6 Å². The van der Waals surface area contributed by atoms with Crippen LogP contribution in [0.1, 0.15) is 17.3 Å². The number of halogens is 1. The number of nitrogens with one attached hydrogen (secondary N) is 2. The van der Waals surface area contributed by atoms with Gasteiger partial charge in [0, 0.05) is 14.8 Å². The van der Waals surface area contributed by atoms with Crippen LogP contribution in [0, 0.1) is 3.57 Å². The second-order valence-corrected chi connectivity index (χ2v) is 6.84. The smallest absolute Gasteiger partial charge is 0.257 e. The number of benzene rings is 2. The average Bonchev–Trinajstić information content (AvgIpc) is 2.54. The molecule has 2 rings (SSSR count). The van der Waals surface area contributed by atoms with Gasteiger partial charge in [0.2, 0.25) is 0 Å². The van der Waals surface area contributed by atoms with Crippen LogP contribution in [0.25, 0.3) is 0 Å². The SMILES string of the molecule is C=C(C)COc1ccc(NC(=S)NC(=O)c2cccc(I)c2)cc1. The van der Waals surface area contributed by atoms with Gasteiger partial charge in [0.25, 0.3) is 5.91 Å². The van der Waals surface area contributed by atoms with Gasteiger partial charge in [0.05, 0.1) is 0 Å². The Morgan fingerprint density at radius 3 is 2.58 bits per heavy atom. The minimum atomic E-state index is -0.243. The molecule has 2 aromatic rings. The summed E-state index contributed by atoms with van der Waals surface area (Å²) in [6.07, 6.45) is 0. The van der Waals surface area contributed by atoms with Crippen LogP contribution < -0.4 is 15.4 Å². The molecule has 0 bridgehead atoms. The quantitative estimate of drug-likeness (QED) is 0.402. The summed E-state index contributed by atoms with van der Waals surface area (Å²) in [6.45, 7) is 6.18. The summed E-state index contributed by atoms with van der Waals surface area (Å²) in [6, 6.07) is 14.6. The van der Waals surface area contributed by atoms with E-state index in [0.29, 0.717) is 12.2 Å². The van der Waals surface area contributed by atoms with E-state index in [1.165, 1.54) is 0 Å². The Bertz CT molecular complexity index is 760. The van der Waals surface area contributed by atoms with Crippen LogP contribution in [-0.2, 0) is 0 Å². The molecule has 0 saturated heterocycles. The molecule has 6 heteroatoms. The van der Waals surface area contributed by atoms with E-state index >= 15 is 0 Å². The molecule has 0 unspecified atom stereocenters. The van der Waals surface area contributed by atoms with Crippen molar-refractivity contribution in [2.24, 2.45) is 0 Å². The molecule has 0 fully saturated rings. The van der Waals surface area contributed by atoms with E-state index in [-0.39, 0.29) is 11.0 Å². The Kier molecular flexibility index (Phi) is 6.74. The highest BCUT2D eigenvalue weighted by molar-refractivity contribution is 14.1. The molecule has 0 spiro atoms. The van der Waals surface area contributed by atoms with E-state index in [4.69, 9.17) is 17.0 Å². The number of anilines is 1. The summed E-state index contributed by atoms with van der Waals surface area (Å²) in [5, 5.41) is 5.88. The number of hydrogen-bond acceptors (Lipinski definition) is 3. The van der Waals surface area contributed by atoms with Crippen molar-refractivity contribution in [2.75, 3.05) is 11.9 Å². The predicted octanol–water partition coefficient (Wildman–Crippen LogP) is 4.37. The first-order chi connectivity index (χ1) is 11.4. The van der Waals surface area contributed by atoms with Crippen molar-refractivity contribution >= 4 is 51.5 Å². The van der Waals surface area contributed by atoms with Crippen LogP contribution in [0.15, 0.2) is 60.7 Å². The number of amides is 1. The number of hydrogen-bond donors (Lipinski definition) is 2. The van der Waals surface area contributed by atoms with Gasteiger partial charge in [0.1, 0.15) is 12.4 Å². The molecule has 2 aromatic carbocycles. The number of carbonyl (C=O) groups is 1. The Hall–Kier alpha value is -1.93. The van der Waals surface area contributed by atoms with Crippen LogP contribution in [0.4, 0.5) is 5.69 Å². The maximum absolute atomic E-state index is 12.1. The number of ether oxygens (including phenoxy) is 1. The lowest BCUT2D eigenvalue weighted by Crippen LogP contribution is -2.34. The number of thiocarbonyl (C=S) groups is 1. The van der Waals surface area contributed by atoms with Gasteiger partial charge in [0.15, 0.2) is 5.11 Å². The molecule has 0 heterocycles. The summed E-state index contributed by atoms with van der Waals surface area (Å²) in [4.78, 5) is 12.1. The molecule has 24 heavy (non-hydrogen) atoms. The first kappa shape index (κ1) is 18.4. The Balaban J connectivity index is 1.90. The Morgan fingerprint density at radius 2 is 1.96 bits per heavy atom. The van der Waals surface area contributed by atoms with E-state index in [1.54, 1.807) is 12.1 Å². The lowest BCUT2D eigenvalue weighted by Gasteiger charge is -2.11. The zero-order chi connectivity index (χ0) is 17.5. The lowest BCUT2D eigenvalue weighted by molar-refractivity contribution is 0.0977. The van der Waals surface area contributed by atoms with E-state index < -0.39 is 0 Å². The molecule has 124 valence electrons. The first-order valence-electron chi connectivity index (χ1n) is 7.19.